The Balaban J connectivity index is 2.03. The molecule has 15 heavy (non-hydrogen) atoms. The van der Waals surface area contributed by atoms with E-state index in [-0.39, 0.29) is 0 Å². The summed E-state index contributed by atoms with van der Waals surface area (Å²) in [4.78, 5) is 0. The van der Waals surface area contributed by atoms with E-state index < -0.39 is 10.2 Å². The Labute approximate surface area is 90.8 Å². The fourth-order valence-corrected chi connectivity index (χ4v) is 3.53. The average Bonchev–Trinajstić information content (AvgIpc) is 2.31. The molecule has 7 heteroatoms. The lowest BCUT2D eigenvalue weighted by Crippen LogP contribution is -2.55. The number of hydrogen-bond acceptors (Lipinski definition) is 4. The fraction of sp³-hybridized carbons (Fsp3) is 1.00. The van der Waals surface area contributed by atoms with E-state index in [1.54, 1.807) is 8.61 Å². The maximum Gasteiger partial charge on any atom is 0.282 e. The van der Waals surface area contributed by atoms with Gasteiger partial charge in [0.2, 0.25) is 0 Å². The van der Waals surface area contributed by atoms with Gasteiger partial charge in [0, 0.05) is 52.4 Å². The van der Waals surface area contributed by atoms with Gasteiger partial charge in [-0.05, 0) is 0 Å². The van der Waals surface area contributed by atoms with Crippen LogP contribution in [0.5, 0.6) is 0 Å². The topological polar surface area (TPSA) is 64.7 Å². The molecule has 2 rings (SSSR count). The average molecular weight is 234 g/mol. The van der Waals surface area contributed by atoms with Gasteiger partial charge in [-0.1, -0.05) is 0 Å². The van der Waals surface area contributed by atoms with Crippen LogP contribution < -0.4 is 10.6 Å². The minimum atomic E-state index is -3.20. The van der Waals surface area contributed by atoms with Crippen molar-refractivity contribution in [3.8, 4) is 0 Å². The van der Waals surface area contributed by atoms with Crippen molar-refractivity contribution in [3.05, 3.63) is 0 Å². The van der Waals surface area contributed by atoms with Crippen molar-refractivity contribution in [1.29, 1.82) is 0 Å². The van der Waals surface area contributed by atoms with Crippen molar-refractivity contribution in [2.45, 2.75) is 0 Å². The Morgan fingerprint density at radius 2 is 1.07 bits per heavy atom. The van der Waals surface area contributed by atoms with Gasteiger partial charge in [-0.3, -0.25) is 0 Å². The maximum absolute atomic E-state index is 12.1. The van der Waals surface area contributed by atoms with Gasteiger partial charge in [-0.15, -0.1) is 0 Å². The highest BCUT2D eigenvalue weighted by Gasteiger charge is 2.30. The Hall–Kier alpha value is -0.210. The molecular weight excluding hydrogens is 216 g/mol. The molecule has 0 saturated carbocycles. The van der Waals surface area contributed by atoms with Crippen molar-refractivity contribution < 1.29 is 8.42 Å². The predicted octanol–water partition coefficient (Wildman–Crippen LogP) is -1.96. The molecule has 0 aliphatic carbocycles. The van der Waals surface area contributed by atoms with Crippen LogP contribution >= 0.6 is 0 Å². The predicted molar refractivity (Wildman–Crippen MR) is 57.8 cm³/mol. The molecule has 0 aromatic carbocycles. The van der Waals surface area contributed by atoms with Crippen LogP contribution in [-0.2, 0) is 10.2 Å². The van der Waals surface area contributed by atoms with Crippen molar-refractivity contribution in [2.75, 3.05) is 52.4 Å². The van der Waals surface area contributed by atoms with Gasteiger partial charge in [0.25, 0.3) is 10.2 Å². The smallest absolute Gasteiger partial charge is 0.282 e. The summed E-state index contributed by atoms with van der Waals surface area (Å²) in [7, 11) is -3.20. The summed E-state index contributed by atoms with van der Waals surface area (Å²) in [5.41, 5.74) is 0. The van der Waals surface area contributed by atoms with Crippen LogP contribution in [-0.4, -0.2) is 69.4 Å². The Kier molecular flexibility index (Phi) is 3.57. The van der Waals surface area contributed by atoms with Gasteiger partial charge in [0.1, 0.15) is 0 Å². The van der Waals surface area contributed by atoms with Crippen LogP contribution in [0.1, 0.15) is 0 Å². The first-order valence-electron chi connectivity index (χ1n) is 5.38. The Morgan fingerprint density at radius 1 is 0.733 bits per heavy atom. The first-order chi connectivity index (χ1) is 7.21. The number of hydrogen-bond donors (Lipinski definition) is 2. The van der Waals surface area contributed by atoms with E-state index in [1.165, 1.54) is 0 Å². The molecule has 2 aliphatic rings. The zero-order chi connectivity index (χ0) is 10.7. The molecule has 0 aromatic heterocycles. The lowest BCUT2D eigenvalue weighted by molar-refractivity contribution is 0.294. The van der Waals surface area contributed by atoms with Crippen molar-refractivity contribution in [2.24, 2.45) is 0 Å². The zero-order valence-electron chi connectivity index (χ0n) is 8.78. The van der Waals surface area contributed by atoms with E-state index in [2.05, 4.69) is 10.6 Å². The van der Waals surface area contributed by atoms with Gasteiger partial charge < -0.3 is 10.6 Å². The van der Waals surface area contributed by atoms with E-state index in [1.807, 2.05) is 0 Å². The van der Waals surface area contributed by atoms with Crippen LogP contribution in [0.3, 0.4) is 0 Å². The summed E-state index contributed by atoms with van der Waals surface area (Å²) in [6.07, 6.45) is 0. The molecule has 0 amide bonds. The number of rotatable bonds is 2. The minimum Gasteiger partial charge on any atom is -0.314 e. The molecule has 88 valence electrons. The largest absolute Gasteiger partial charge is 0.314 e. The van der Waals surface area contributed by atoms with E-state index in [0.717, 1.165) is 26.2 Å². The van der Waals surface area contributed by atoms with Crippen LogP contribution in [0, 0.1) is 0 Å². The first kappa shape index (κ1) is 11.3. The summed E-state index contributed by atoms with van der Waals surface area (Å²) in [5, 5.41) is 6.31. The summed E-state index contributed by atoms with van der Waals surface area (Å²) < 4.78 is 27.4. The van der Waals surface area contributed by atoms with Crippen molar-refractivity contribution in [1.82, 2.24) is 19.2 Å². The highest BCUT2D eigenvalue weighted by molar-refractivity contribution is 7.86. The SMILES string of the molecule is O=S(=O)(N1CCNCC1)N1CCNCC1. The number of nitrogens with one attached hydrogen (secondary N) is 2. The standard InChI is InChI=1S/C8H18N4O2S/c13-15(14,11-5-1-9-2-6-11)12-7-3-10-4-8-12/h9-10H,1-8H2. The number of piperazine rings is 2. The van der Waals surface area contributed by atoms with Crippen LogP contribution in [0.2, 0.25) is 0 Å². The van der Waals surface area contributed by atoms with Crippen LogP contribution in [0.4, 0.5) is 0 Å². The molecule has 0 radical (unpaired) electrons. The Bertz CT molecular complexity index is 270. The van der Waals surface area contributed by atoms with Crippen LogP contribution in [0.25, 0.3) is 0 Å². The molecule has 0 unspecified atom stereocenters. The first-order valence-corrected chi connectivity index (χ1v) is 6.77. The normalized spacial score (nSPS) is 26.7. The maximum atomic E-state index is 12.1. The van der Waals surface area contributed by atoms with Gasteiger partial charge in [-0.2, -0.15) is 17.0 Å². The summed E-state index contributed by atoms with van der Waals surface area (Å²) in [6.45, 7) is 5.38. The van der Waals surface area contributed by atoms with Gasteiger partial charge in [-0.25, -0.2) is 0 Å². The molecule has 2 N–H and O–H groups in total. The molecule has 0 aromatic rings. The second kappa shape index (κ2) is 4.75. The van der Waals surface area contributed by atoms with Gasteiger partial charge in [0.15, 0.2) is 0 Å². The zero-order valence-corrected chi connectivity index (χ0v) is 9.59. The molecule has 0 bridgehead atoms. The van der Waals surface area contributed by atoms with E-state index >= 15 is 0 Å². The summed E-state index contributed by atoms with van der Waals surface area (Å²) >= 11 is 0. The van der Waals surface area contributed by atoms with E-state index in [4.69, 9.17) is 0 Å². The summed E-state index contributed by atoms with van der Waals surface area (Å²) in [5.74, 6) is 0. The van der Waals surface area contributed by atoms with Crippen molar-refractivity contribution >= 4 is 10.2 Å². The van der Waals surface area contributed by atoms with Gasteiger partial charge in [0.05, 0.1) is 0 Å². The minimum absolute atomic E-state index is 0.590. The highest BCUT2D eigenvalue weighted by Crippen LogP contribution is 2.09. The molecule has 2 fully saturated rings. The monoisotopic (exact) mass is 234 g/mol. The fourth-order valence-electron chi connectivity index (χ4n) is 1.91. The molecule has 0 spiro atoms. The molecule has 6 nitrogen and oxygen atoms in total. The second-order valence-electron chi connectivity index (χ2n) is 3.81. The molecule has 0 atom stereocenters. The molecule has 2 heterocycles. The molecule has 2 aliphatic heterocycles. The van der Waals surface area contributed by atoms with Crippen LogP contribution in [0.15, 0.2) is 0 Å². The third-order valence-electron chi connectivity index (χ3n) is 2.80. The highest BCUT2D eigenvalue weighted by atomic mass is 32.2. The lowest BCUT2D eigenvalue weighted by atomic mass is 10.4. The molecule has 2 saturated heterocycles. The quantitative estimate of drug-likeness (QED) is 0.582. The summed E-state index contributed by atoms with van der Waals surface area (Å²) in [6, 6.07) is 0. The van der Waals surface area contributed by atoms with E-state index in [9.17, 15) is 8.42 Å². The third-order valence-corrected chi connectivity index (χ3v) is 4.84. The van der Waals surface area contributed by atoms with E-state index in [0.29, 0.717) is 26.2 Å². The van der Waals surface area contributed by atoms with Gasteiger partial charge >= 0.3 is 0 Å². The van der Waals surface area contributed by atoms with Crippen molar-refractivity contribution in [3.63, 3.8) is 0 Å². The number of nitrogens with zero attached hydrogens (tertiary/aromatic N) is 2. The lowest BCUT2D eigenvalue weighted by Gasteiger charge is -2.34. The Morgan fingerprint density at radius 3 is 1.40 bits per heavy atom. The molecular formula is C8H18N4O2S. The second-order valence-corrected chi connectivity index (χ2v) is 5.73. The third kappa shape index (κ3) is 2.48.